The van der Waals surface area contributed by atoms with Gasteiger partial charge in [-0.1, -0.05) is 12.1 Å². The highest BCUT2D eigenvalue weighted by molar-refractivity contribution is 5.92. The summed E-state index contributed by atoms with van der Waals surface area (Å²) in [7, 11) is 2.14. The van der Waals surface area contributed by atoms with Gasteiger partial charge in [0.25, 0.3) is 0 Å². The molecule has 3 atom stereocenters. The van der Waals surface area contributed by atoms with Crippen molar-refractivity contribution in [1.29, 1.82) is 0 Å². The minimum Gasteiger partial charge on any atom is -0.361 e. The molecule has 1 aliphatic heterocycles. The monoisotopic (exact) mass is 412 g/mol. The van der Waals surface area contributed by atoms with E-state index in [-0.39, 0.29) is 11.8 Å². The molecule has 1 fully saturated rings. The van der Waals surface area contributed by atoms with Crippen molar-refractivity contribution in [3.8, 4) is 5.82 Å². The Balaban J connectivity index is 1.22. The minimum atomic E-state index is -0.0899. The number of aromatic amines is 1. The minimum absolute atomic E-state index is 0.0142. The number of fused-ring (bicyclic) bond motifs is 2. The van der Waals surface area contributed by atoms with Crippen LogP contribution in [0.25, 0.3) is 16.7 Å². The normalized spacial score (nSPS) is 22.9. The van der Waals surface area contributed by atoms with Crippen molar-refractivity contribution in [2.45, 2.75) is 24.8 Å². The molecule has 1 aromatic carbocycles. The lowest BCUT2D eigenvalue weighted by Gasteiger charge is -2.45. The first-order valence-corrected chi connectivity index (χ1v) is 10.7. The van der Waals surface area contributed by atoms with E-state index in [4.69, 9.17) is 0 Å². The van der Waals surface area contributed by atoms with Crippen molar-refractivity contribution in [3.63, 3.8) is 0 Å². The molecule has 2 N–H and O–H groups in total. The first-order valence-electron chi connectivity index (χ1n) is 10.7. The molecule has 156 valence electrons. The van der Waals surface area contributed by atoms with Crippen LogP contribution in [0.4, 0.5) is 5.82 Å². The summed E-state index contributed by atoms with van der Waals surface area (Å²) in [5, 5.41) is 12.8. The van der Waals surface area contributed by atoms with E-state index in [1.54, 1.807) is 0 Å². The molecule has 0 spiro atoms. The molecule has 0 bridgehead atoms. The SMILES string of the molecule is CN1CC(C(=O)Nc2ccc(-n3cccc3)nn2)C[C@@H]2c3cccc4[nH]cc(c34)C[C@H]21. The zero-order valence-corrected chi connectivity index (χ0v) is 17.3. The number of H-pyrrole nitrogens is 1. The molecule has 1 unspecified atom stereocenters. The number of nitrogens with zero attached hydrogens (tertiary/aromatic N) is 4. The Morgan fingerprint density at radius 3 is 2.81 bits per heavy atom. The molecule has 1 aliphatic carbocycles. The highest BCUT2D eigenvalue weighted by atomic mass is 16.2. The third kappa shape index (κ3) is 3.04. The number of amides is 1. The molecule has 6 rings (SSSR count). The van der Waals surface area contributed by atoms with E-state index in [2.05, 4.69) is 56.8 Å². The zero-order chi connectivity index (χ0) is 20.9. The number of nitrogens with one attached hydrogen (secondary N) is 2. The number of benzene rings is 1. The predicted molar refractivity (Wildman–Crippen MR) is 119 cm³/mol. The molecule has 4 aromatic rings. The summed E-state index contributed by atoms with van der Waals surface area (Å²) in [6.07, 6.45) is 7.85. The smallest absolute Gasteiger partial charge is 0.230 e. The molecule has 2 aliphatic rings. The summed E-state index contributed by atoms with van der Waals surface area (Å²) in [6.45, 7) is 0.748. The second-order valence-electron chi connectivity index (χ2n) is 8.69. The van der Waals surface area contributed by atoms with Crippen LogP contribution in [0.3, 0.4) is 0 Å². The molecule has 31 heavy (non-hydrogen) atoms. The third-order valence-corrected chi connectivity index (χ3v) is 6.87. The Kier molecular flexibility index (Phi) is 4.17. The average molecular weight is 412 g/mol. The van der Waals surface area contributed by atoms with E-state index >= 15 is 0 Å². The second-order valence-corrected chi connectivity index (χ2v) is 8.69. The van der Waals surface area contributed by atoms with Gasteiger partial charge in [0, 0.05) is 48.0 Å². The van der Waals surface area contributed by atoms with Crippen LogP contribution in [0.5, 0.6) is 0 Å². The molecular formula is C24H24N6O. The van der Waals surface area contributed by atoms with Gasteiger partial charge in [-0.3, -0.25) is 4.79 Å². The first-order chi connectivity index (χ1) is 15.2. The summed E-state index contributed by atoms with van der Waals surface area (Å²) in [4.78, 5) is 18.9. The molecule has 1 amide bonds. The average Bonchev–Trinajstić information content (AvgIpc) is 3.46. The van der Waals surface area contributed by atoms with Crippen LogP contribution in [-0.4, -0.2) is 50.2 Å². The van der Waals surface area contributed by atoms with Gasteiger partial charge in [-0.2, -0.15) is 0 Å². The Hall–Kier alpha value is -3.45. The molecule has 3 aromatic heterocycles. The van der Waals surface area contributed by atoms with Crippen LogP contribution < -0.4 is 5.32 Å². The fraction of sp³-hybridized carbons (Fsp3) is 0.292. The highest BCUT2D eigenvalue weighted by Gasteiger charge is 2.41. The van der Waals surface area contributed by atoms with Gasteiger partial charge in [0.05, 0.1) is 5.92 Å². The summed E-state index contributed by atoms with van der Waals surface area (Å²) < 4.78 is 1.88. The van der Waals surface area contributed by atoms with Crippen LogP contribution in [0.15, 0.2) is 61.1 Å². The van der Waals surface area contributed by atoms with E-state index in [1.165, 1.54) is 22.0 Å². The quantitative estimate of drug-likeness (QED) is 0.541. The Bertz CT molecular complexity index is 1240. The molecule has 4 heterocycles. The van der Waals surface area contributed by atoms with Gasteiger partial charge in [0.15, 0.2) is 11.6 Å². The van der Waals surface area contributed by atoms with Crippen LogP contribution in [-0.2, 0) is 11.2 Å². The lowest BCUT2D eigenvalue weighted by Crippen LogP contribution is -2.50. The van der Waals surface area contributed by atoms with Crippen molar-refractivity contribution in [2.75, 3.05) is 18.9 Å². The summed E-state index contributed by atoms with van der Waals surface area (Å²) in [5.74, 6) is 1.49. The molecule has 0 radical (unpaired) electrons. The summed E-state index contributed by atoms with van der Waals surface area (Å²) in [5.41, 5.74) is 3.95. The maximum Gasteiger partial charge on any atom is 0.230 e. The number of carbonyl (C=O) groups is 1. The molecule has 0 saturated carbocycles. The Morgan fingerprint density at radius 2 is 2.00 bits per heavy atom. The number of hydrogen-bond donors (Lipinski definition) is 2. The van der Waals surface area contributed by atoms with Gasteiger partial charge in [0.1, 0.15) is 0 Å². The van der Waals surface area contributed by atoms with E-state index < -0.39 is 0 Å². The number of likely N-dealkylation sites (tertiary alicyclic amines) is 1. The van der Waals surface area contributed by atoms with Gasteiger partial charge >= 0.3 is 0 Å². The fourth-order valence-corrected chi connectivity index (χ4v) is 5.38. The number of likely N-dealkylation sites (N-methyl/N-ethyl adjacent to an activating group) is 1. The van der Waals surface area contributed by atoms with E-state index in [0.29, 0.717) is 17.8 Å². The number of anilines is 1. The number of aromatic nitrogens is 4. The standard InChI is InChI=1S/C24H24N6O/c1-29-14-16(24(31)26-21-7-8-22(28-27-21)30-9-2-3-10-30)11-18-17-5-4-6-19-23(17)15(13-25-19)12-20(18)29/h2-10,13,16,18,20,25H,11-12,14H2,1H3,(H,26,27,31)/t16?,18-,20-/m1/s1. The third-order valence-electron chi connectivity index (χ3n) is 6.87. The van der Waals surface area contributed by atoms with Crippen molar-refractivity contribution in [1.82, 2.24) is 24.6 Å². The number of piperidine rings is 1. The van der Waals surface area contributed by atoms with Crippen molar-refractivity contribution in [2.24, 2.45) is 5.92 Å². The van der Waals surface area contributed by atoms with E-state index in [1.807, 2.05) is 41.2 Å². The molecule has 1 saturated heterocycles. The van der Waals surface area contributed by atoms with Gasteiger partial charge < -0.3 is 19.8 Å². The van der Waals surface area contributed by atoms with E-state index in [0.717, 1.165) is 25.2 Å². The first kappa shape index (κ1) is 18.3. The fourth-order valence-electron chi connectivity index (χ4n) is 5.38. The zero-order valence-electron chi connectivity index (χ0n) is 17.3. The van der Waals surface area contributed by atoms with Crippen molar-refractivity contribution in [3.05, 3.63) is 72.2 Å². The van der Waals surface area contributed by atoms with Gasteiger partial charge in [-0.15, -0.1) is 10.2 Å². The van der Waals surface area contributed by atoms with Crippen LogP contribution >= 0.6 is 0 Å². The van der Waals surface area contributed by atoms with Crippen LogP contribution in [0.1, 0.15) is 23.5 Å². The number of carbonyl (C=O) groups excluding carboxylic acids is 1. The van der Waals surface area contributed by atoms with Gasteiger partial charge in [-0.05, 0) is 61.3 Å². The van der Waals surface area contributed by atoms with E-state index in [9.17, 15) is 4.79 Å². The van der Waals surface area contributed by atoms with Gasteiger partial charge in [0.2, 0.25) is 5.91 Å². The molecule has 7 heteroatoms. The maximum absolute atomic E-state index is 13.1. The largest absolute Gasteiger partial charge is 0.361 e. The summed E-state index contributed by atoms with van der Waals surface area (Å²) >= 11 is 0. The maximum atomic E-state index is 13.1. The lowest BCUT2D eigenvalue weighted by molar-refractivity contribution is -0.122. The highest BCUT2D eigenvalue weighted by Crippen LogP contribution is 2.44. The topological polar surface area (TPSA) is 78.8 Å². The molecular weight excluding hydrogens is 388 g/mol. The second kappa shape index (κ2) is 7.06. The predicted octanol–water partition coefficient (Wildman–Crippen LogP) is 3.35. The van der Waals surface area contributed by atoms with Gasteiger partial charge in [-0.25, -0.2) is 0 Å². The van der Waals surface area contributed by atoms with Crippen LogP contribution in [0, 0.1) is 5.92 Å². The summed E-state index contributed by atoms with van der Waals surface area (Å²) in [6, 6.07) is 14.5. The molecule has 7 nitrogen and oxygen atoms in total. The number of hydrogen-bond acceptors (Lipinski definition) is 4. The van der Waals surface area contributed by atoms with Crippen molar-refractivity contribution >= 4 is 22.6 Å². The Morgan fingerprint density at radius 1 is 1.13 bits per heavy atom. The lowest BCUT2D eigenvalue weighted by atomic mass is 9.72. The van der Waals surface area contributed by atoms with Crippen LogP contribution in [0.2, 0.25) is 0 Å². The van der Waals surface area contributed by atoms with Crippen molar-refractivity contribution < 1.29 is 4.79 Å². The Labute approximate surface area is 180 Å². The number of rotatable bonds is 3.